The lowest BCUT2D eigenvalue weighted by atomic mass is 9.93. The Hall–Kier alpha value is -1.49. The number of aryl methyl sites for hydroxylation is 1. The van der Waals surface area contributed by atoms with Gasteiger partial charge >= 0.3 is 0 Å². The second kappa shape index (κ2) is 5.91. The third-order valence-corrected chi connectivity index (χ3v) is 3.41. The lowest BCUT2D eigenvalue weighted by molar-refractivity contribution is -0.131. The fourth-order valence-corrected chi connectivity index (χ4v) is 2.51. The first-order valence-corrected chi connectivity index (χ1v) is 6.42. The second-order valence-corrected chi connectivity index (χ2v) is 4.74. The lowest BCUT2D eigenvalue weighted by Crippen LogP contribution is -2.43. The molecule has 0 bridgehead atoms. The molecule has 1 amide bonds. The molecule has 2 rings (SSSR count). The van der Waals surface area contributed by atoms with E-state index in [2.05, 4.69) is 15.3 Å². The van der Waals surface area contributed by atoms with Crippen LogP contribution in [0, 0.1) is 6.92 Å². The second-order valence-electron chi connectivity index (χ2n) is 4.74. The first-order valence-electron chi connectivity index (χ1n) is 6.42. The van der Waals surface area contributed by atoms with Crippen LogP contribution in [0.5, 0.6) is 0 Å². The van der Waals surface area contributed by atoms with Crippen molar-refractivity contribution in [2.45, 2.75) is 25.7 Å². The number of piperidine rings is 1. The summed E-state index contributed by atoms with van der Waals surface area (Å²) in [4.78, 5) is 22.5. The van der Waals surface area contributed by atoms with Gasteiger partial charge in [0.05, 0.1) is 17.9 Å². The van der Waals surface area contributed by atoms with E-state index in [1.54, 1.807) is 19.4 Å². The molecule has 2 heterocycles. The topological polar surface area (TPSA) is 58.1 Å². The van der Waals surface area contributed by atoms with Gasteiger partial charge in [-0.1, -0.05) is 0 Å². The molecule has 0 saturated carbocycles. The summed E-state index contributed by atoms with van der Waals surface area (Å²) in [7, 11) is 1.80. The lowest BCUT2D eigenvalue weighted by Gasteiger charge is -2.32. The maximum Gasteiger partial charge on any atom is 0.236 e. The molecule has 1 aromatic rings. The van der Waals surface area contributed by atoms with Gasteiger partial charge in [-0.15, -0.1) is 0 Å². The molecule has 1 aliphatic heterocycles. The molecule has 1 saturated heterocycles. The number of nitrogens with one attached hydrogen (secondary N) is 1. The average Bonchev–Trinajstić information content (AvgIpc) is 2.40. The quantitative estimate of drug-likeness (QED) is 0.856. The van der Waals surface area contributed by atoms with Crippen molar-refractivity contribution in [3.8, 4) is 0 Å². The summed E-state index contributed by atoms with van der Waals surface area (Å²) in [5.41, 5.74) is 2.02. The number of aromatic nitrogens is 2. The van der Waals surface area contributed by atoms with E-state index in [0.29, 0.717) is 12.5 Å². The van der Waals surface area contributed by atoms with E-state index in [1.807, 2.05) is 11.8 Å². The highest BCUT2D eigenvalue weighted by Crippen LogP contribution is 2.26. The zero-order valence-corrected chi connectivity index (χ0v) is 11.0. The summed E-state index contributed by atoms with van der Waals surface area (Å²) in [6.45, 7) is 4.01. The third-order valence-electron chi connectivity index (χ3n) is 3.41. The Bertz CT molecular complexity index is 421. The molecule has 5 heteroatoms. The van der Waals surface area contributed by atoms with Gasteiger partial charge in [0, 0.05) is 31.4 Å². The minimum absolute atomic E-state index is 0.170. The van der Waals surface area contributed by atoms with Gasteiger partial charge < -0.3 is 10.2 Å². The molecule has 5 nitrogen and oxygen atoms in total. The van der Waals surface area contributed by atoms with Crippen LogP contribution in [0.15, 0.2) is 12.4 Å². The first kappa shape index (κ1) is 13.0. The van der Waals surface area contributed by atoms with Crippen LogP contribution >= 0.6 is 0 Å². The van der Waals surface area contributed by atoms with Crippen molar-refractivity contribution in [2.24, 2.45) is 0 Å². The molecule has 18 heavy (non-hydrogen) atoms. The molecule has 0 aromatic carbocycles. The summed E-state index contributed by atoms with van der Waals surface area (Å²) in [6.07, 6.45) is 5.57. The van der Waals surface area contributed by atoms with E-state index < -0.39 is 0 Å². The third kappa shape index (κ3) is 2.85. The minimum Gasteiger partial charge on any atom is -0.341 e. The van der Waals surface area contributed by atoms with Gasteiger partial charge in [0.25, 0.3) is 0 Å². The standard InChI is InChI=1S/C13H20N4O/c1-10-13(16-6-5-15-10)11-4-3-7-17(9-11)12(18)8-14-2/h5-6,11,14H,3-4,7-9H2,1-2H3. The van der Waals surface area contributed by atoms with Gasteiger partial charge in [0.15, 0.2) is 0 Å². The van der Waals surface area contributed by atoms with Gasteiger partial charge in [-0.05, 0) is 26.8 Å². The van der Waals surface area contributed by atoms with Crippen molar-refractivity contribution in [1.29, 1.82) is 0 Å². The molecular weight excluding hydrogens is 228 g/mol. The van der Waals surface area contributed by atoms with Gasteiger partial charge in [0.2, 0.25) is 5.91 Å². The molecular formula is C13H20N4O. The van der Waals surface area contributed by atoms with Gasteiger partial charge in [0.1, 0.15) is 0 Å². The number of likely N-dealkylation sites (tertiary alicyclic amines) is 1. The summed E-state index contributed by atoms with van der Waals surface area (Å²) in [5.74, 6) is 0.497. The Labute approximate surface area is 108 Å². The number of likely N-dealkylation sites (N-methyl/N-ethyl adjacent to an activating group) is 1. The number of nitrogens with zero attached hydrogens (tertiary/aromatic N) is 3. The Morgan fingerprint density at radius 2 is 2.28 bits per heavy atom. The number of hydrogen-bond acceptors (Lipinski definition) is 4. The Morgan fingerprint density at radius 1 is 1.50 bits per heavy atom. The van der Waals surface area contributed by atoms with E-state index >= 15 is 0 Å². The molecule has 0 radical (unpaired) electrons. The van der Waals surface area contributed by atoms with Gasteiger partial charge in [-0.25, -0.2) is 0 Å². The van der Waals surface area contributed by atoms with E-state index in [4.69, 9.17) is 0 Å². The number of rotatable bonds is 3. The normalized spacial score (nSPS) is 19.9. The molecule has 1 unspecified atom stereocenters. The number of amides is 1. The monoisotopic (exact) mass is 248 g/mol. The molecule has 0 aliphatic carbocycles. The van der Waals surface area contributed by atoms with Crippen LogP contribution in [-0.2, 0) is 4.79 Å². The zero-order valence-electron chi connectivity index (χ0n) is 11.0. The fraction of sp³-hybridized carbons (Fsp3) is 0.615. The van der Waals surface area contributed by atoms with Crippen LogP contribution in [0.25, 0.3) is 0 Å². The Balaban J connectivity index is 2.07. The summed E-state index contributed by atoms with van der Waals surface area (Å²) < 4.78 is 0. The van der Waals surface area contributed by atoms with Crippen molar-refractivity contribution in [2.75, 3.05) is 26.7 Å². The van der Waals surface area contributed by atoms with Crippen LogP contribution in [-0.4, -0.2) is 47.5 Å². The molecule has 1 N–H and O–H groups in total. The highest BCUT2D eigenvalue weighted by atomic mass is 16.2. The fourth-order valence-electron chi connectivity index (χ4n) is 2.51. The van der Waals surface area contributed by atoms with E-state index in [1.165, 1.54) is 0 Å². The maximum atomic E-state index is 11.9. The molecule has 0 spiro atoms. The van der Waals surface area contributed by atoms with Crippen molar-refractivity contribution >= 4 is 5.91 Å². The predicted octanol–water partition coefficient (Wildman–Crippen LogP) is 0.710. The van der Waals surface area contributed by atoms with Crippen molar-refractivity contribution in [3.05, 3.63) is 23.8 Å². The average molecular weight is 248 g/mol. The van der Waals surface area contributed by atoms with Crippen LogP contribution in [0.4, 0.5) is 0 Å². The minimum atomic E-state index is 0.170. The Kier molecular flexibility index (Phi) is 4.25. The van der Waals surface area contributed by atoms with Gasteiger partial charge in [-0.3, -0.25) is 14.8 Å². The van der Waals surface area contributed by atoms with E-state index in [0.717, 1.165) is 37.3 Å². The highest BCUT2D eigenvalue weighted by Gasteiger charge is 2.26. The SMILES string of the molecule is CNCC(=O)N1CCCC(c2nccnc2C)C1. The van der Waals surface area contributed by atoms with Crippen LogP contribution in [0.3, 0.4) is 0 Å². The summed E-state index contributed by atoms with van der Waals surface area (Å²) in [5, 5.41) is 2.91. The Morgan fingerprint density at radius 3 is 3.00 bits per heavy atom. The molecule has 1 aliphatic rings. The number of carbonyl (C=O) groups is 1. The van der Waals surface area contributed by atoms with Crippen molar-refractivity contribution in [1.82, 2.24) is 20.2 Å². The first-order chi connectivity index (χ1) is 8.72. The summed E-state index contributed by atoms with van der Waals surface area (Å²) in [6, 6.07) is 0. The van der Waals surface area contributed by atoms with Crippen molar-refractivity contribution < 1.29 is 4.79 Å². The van der Waals surface area contributed by atoms with Crippen LogP contribution < -0.4 is 5.32 Å². The van der Waals surface area contributed by atoms with Crippen LogP contribution in [0.2, 0.25) is 0 Å². The molecule has 1 atom stereocenters. The highest BCUT2D eigenvalue weighted by molar-refractivity contribution is 5.78. The largest absolute Gasteiger partial charge is 0.341 e. The van der Waals surface area contributed by atoms with Crippen LogP contribution in [0.1, 0.15) is 30.1 Å². The smallest absolute Gasteiger partial charge is 0.236 e. The number of hydrogen-bond donors (Lipinski definition) is 1. The summed E-state index contributed by atoms with van der Waals surface area (Å²) >= 11 is 0. The zero-order chi connectivity index (χ0) is 13.0. The molecule has 1 aromatic heterocycles. The molecule has 98 valence electrons. The predicted molar refractivity (Wildman–Crippen MR) is 69.3 cm³/mol. The van der Waals surface area contributed by atoms with Gasteiger partial charge in [-0.2, -0.15) is 0 Å². The maximum absolute atomic E-state index is 11.9. The number of carbonyl (C=O) groups excluding carboxylic acids is 1. The molecule has 1 fully saturated rings. The van der Waals surface area contributed by atoms with E-state index in [9.17, 15) is 4.79 Å². The van der Waals surface area contributed by atoms with Crippen molar-refractivity contribution in [3.63, 3.8) is 0 Å². The van der Waals surface area contributed by atoms with E-state index in [-0.39, 0.29) is 5.91 Å².